The summed E-state index contributed by atoms with van der Waals surface area (Å²) in [4.78, 5) is 12.1. The molecule has 0 aliphatic heterocycles. The van der Waals surface area contributed by atoms with Gasteiger partial charge in [-0.3, -0.25) is 4.79 Å². The fraction of sp³-hybridized carbons (Fsp3) is 0.188. The number of hydrogen-bond donors (Lipinski definition) is 1. The highest BCUT2D eigenvalue weighted by Gasteiger charge is 2.24. The first-order valence-corrected chi connectivity index (χ1v) is 6.33. The third kappa shape index (κ3) is 2.96. The second-order valence-electron chi connectivity index (χ2n) is 4.31. The molecule has 1 N–H and O–H groups in total. The maximum atomic E-state index is 13.5. The third-order valence-corrected chi connectivity index (χ3v) is 2.96. The molecule has 2 rings (SSSR count). The van der Waals surface area contributed by atoms with E-state index in [9.17, 15) is 14.3 Å². The van der Waals surface area contributed by atoms with Gasteiger partial charge in [-0.1, -0.05) is 36.4 Å². The normalized spacial score (nSPS) is 11.9. The Bertz CT molecular complexity index is 596. The quantitative estimate of drug-likeness (QED) is 0.871. The average molecular weight is 274 g/mol. The molecule has 0 saturated heterocycles. The van der Waals surface area contributed by atoms with E-state index in [1.54, 1.807) is 31.2 Å². The number of carbonyl (C=O) groups excluding carboxylic acids is 1. The highest BCUT2D eigenvalue weighted by molar-refractivity contribution is 5.82. The van der Waals surface area contributed by atoms with Crippen LogP contribution in [0.15, 0.2) is 48.5 Å². The summed E-state index contributed by atoms with van der Waals surface area (Å²) in [5, 5.41) is 9.25. The van der Waals surface area contributed by atoms with Crippen molar-refractivity contribution in [3.63, 3.8) is 0 Å². The number of carbonyl (C=O) groups is 1. The maximum absolute atomic E-state index is 13.5. The van der Waals surface area contributed by atoms with Crippen LogP contribution in [0.4, 0.5) is 4.39 Å². The Morgan fingerprint density at radius 3 is 2.50 bits per heavy atom. The predicted octanol–water partition coefficient (Wildman–Crippen LogP) is 3.23. The number of hydrogen-bond acceptors (Lipinski definition) is 3. The minimum absolute atomic E-state index is 0.253. The van der Waals surface area contributed by atoms with Crippen LogP contribution < -0.4 is 0 Å². The Balaban J connectivity index is 2.46. The summed E-state index contributed by atoms with van der Waals surface area (Å²) in [7, 11) is 0. The molecule has 0 aliphatic carbocycles. The van der Waals surface area contributed by atoms with Gasteiger partial charge in [-0.15, -0.1) is 0 Å². The Labute approximate surface area is 116 Å². The minimum atomic E-state index is -0.757. The molecular weight excluding hydrogens is 259 g/mol. The molecule has 2 aromatic carbocycles. The largest absolute Gasteiger partial charge is 0.505 e. The van der Waals surface area contributed by atoms with Gasteiger partial charge in [0.15, 0.2) is 11.6 Å². The van der Waals surface area contributed by atoms with Crippen molar-refractivity contribution < 1.29 is 19.0 Å². The van der Waals surface area contributed by atoms with Crippen LogP contribution in [-0.4, -0.2) is 17.7 Å². The van der Waals surface area contributed by atoms with E-state index in [4.69, 9.17) is 4.74 Å². The van der Waals surface area contributed by atoms with E-state index in [1.165, 1.54) is 12.1 Å². The van der Waals surface area contributed by atoms with E-state index in [-0.39, 0.29) is 6.61 Å². The molecule has 1 atom stereocenters. The summed E-state index contributed by atoms with van der Waals surface area (Å²) in [5.74, 6) is -2.34. The number of ether oxygens (including phenoxy) is 1. The molecule has 3 nitrogen and oxygen atoms in total. The molecule has 0 saturated carbocycles. The lowest BCUT2D eigenvalue weighted by Crippen LogP contribution is -2.17. The smallest absolute Gasteiger partial charge is 0.317 e. The van der Waals surface area contributed by atoms with Gasteiger partial charge < -0.3 is 9.84 Å². The van der Waals surface area contributed by atoms with E-state index in [1.807, 2.05) is 6.07 Å². The van der Waals surface area contributed by atoms with Crippen LogP contribution in [0.3, 0.4) is 0 Å². The van der Waals surface area contributed by atoms with Crippen LogP contribution >= 0.6 is 0 Å². The molecule has 0 aromatic heterocycles. The first kappa shape index (κ1) is 14.1. The maximum Gasteiger partial charge on any atom is 0.317 e. The summed E-state index contributed by atoms with van der Waals surface area (Å²) in [6.45, 7) is 1.97. The second-order valence-corrected chi connectivity index (χ2v) is 4.31. The monoisotopic (exact) mass is 274 g/mol. The number of phenolic OH excluding ortho intramolecular Hbond substituents is 1. The van der Waals surface area contributed by atoms with Crippen molar-refractivity contribution in [1.29, 1.82) is 0 Å². The molecule has 4 heteroatoms. The van der Waals surface area contributed by atoms with E-state index >= 15 is 0 Å². The number of halogens is 1. The van der Waals surface area contributed by atoms with Gasteiger partial charge in [0.1, 0.15) is 5.92 Å². The van der Waals surface area contributed by atoms with Crippen LogP contribution in [0, 0.1) is 5.82 Å². The first-order chi connectivity index (χ1) is 9.63. The number of aromatic hydroxyl groups is 1. The lowest BCUT2D eigenvalue weighted by molar-refractivity contribution is -0.143. The molecule has 0 heterocycles. The fourth-order valence-electron chi connectivity index (χ4n) is 2.04. The number of rotatable bonds is 4. The van der Waals surface area contributed by atoms with E-state index in [0.717, 1.165) is 11.6 Å². The van der Waals surface area contributed by atoms with Gasteiger partial charge in [0.25, 0.3) is 0 Å². The van der Waals surface area contributed by atoms with E-state index < -0.39 is 23.5 Å². The van der Waals surface area contributed by atoms with Crippen LogP contribution in [-0.2, 0) is 9.53 Å². The number of phenols is 1. The van der Waals surface area contributed by atoms with Crippen molar-refractivity contribution in [3.05, 3.63) is 65.5 Å². The zero-order chi connectivity index (χ0) is 14.5. The summed E-state index contributed by atoms with van der Waals surface area (Å²) in [6, 6.07) is 12.9. The standard InChI is InChI=1S/C16H15FO3/c1-2-20-16(19)15(11-6-4-3-5-7-11)12-8-9-14(18)13(17)10-12/h3-10,15,18H,2H2,1H3. The predicted molar refractivity (Wildman–Crippen MR) is 73.0 cm³/mol. The molecule has 0 bridgehead atoms. The van der Waals surface area contributed by atoms with Crippen molar-refractivity contribution in [2.45, 2.75) is 12.8 Å². The first-order valence-electron chi connectivity index (χ1n) is 6.33. The summed E-state index contributed by atoms with van der Waals surface area (Å²) in [5.41, 5.74) is 1.17. The molecule has 0 fully saturated rings. The molecule has 0 amide bonds. The number of benzene rings is 2. The van der Waals surface area contributed by atoms with E-state index in [2.05, 4.69) is 0 Å². The number of esters is 1. The Kier molecular flexibility index (Phi) is 4.35. The Morgan fingerprint density at radius 2 is 1.90 bits per heavy atom. The van der Waals surface area contributed by atoms with Crippen LogP contribution in [0.5, 0.6) is 5.75 Å². The van der Waals surface area contributed by atoms with Crippen molar-refractivity contribution in [2.75, 3.05) is 6.61 Å². The molecule has 20 heavy (non-hydrogen) atoms. The Morgan fingerprint density at radius 1 is 1.20 bits per heavy atom. The highest BCUT2D eigenvalue weighted by atomic mass is 19.1. The lowest BCUT2D eigenvalue weighted by atomic mass is 9.91. The molecule has 1 unspecified atom stereocenters. The van der Waals surface area contributed by atoms with Gasteiger partial charge >= 0.3 is 5.97 Å². The van der Waals surface area contributed by atoms with Gasteiger partial charge in [0.2, 0.25) is 0 Å². The van der Waals surface area contributed by atoms with E-state index in [0.29, 0.717) is 5.56 Å². The van der Waals surface area contributed by atoms with Crippen LogP contribution in [0.25, 0.3) is 0 Å². The second kappa shape index (κ2) is 6.19. The lowest BCUT2D eigenvalue weighted by Gasteiger charge is -2.16. The van der Waals surface area contributed by atoms with Gasteiger partial charge in [-0.2, -0.15) is 0 Å². The van der Waals surface area contributed by atoms with Crippen LogP contribution in [0.2, 0.25) is 0 Å². The fourth-order valence-corrected chi connectivity index (χ4v) is 2.04. The molecule has 0 spiro atoms. The molecule has 0 radical (unpaired) electrons. The Hall–Kier alpha value is -2.36. The summed E-state index contributed by atoms with van der Waals surface area (Å²) < 4.78 is 18.6. The average Bonchev–Trinajstić information content (AvgIpc) is 2.44. The highest BCUT2D eigenvalue weighted by Crippen LogP contribution is 2.29. The molecule has 104 valence electrons. The van der Waals surface area contributed by atoms with Crippen LogP contribution in [0.1, 0.15) is 24.0 Å². The van der Waals surface area contributed by atoms with Gasteiger partial charge in [-0.25, -0.2) is 4.39 Å². The van der Waals surface area contributed by atoms with Crippen molar-refractivity contribution in [2.24, 2.45) is 0 Å². The molecule has 0 aliphatic rings. The molecular formula is C16H15FO3. The minimum Gasteiger partial charge on any atom is -0.505 e. The summed E-state index contributed by atoms with van der Waals surface area (Å²) in [6.07, 6.45) is 0. The van der Waals surface area contributed by atoms with Crippen molar-refractivity contribution >= 4 is 5.97 Å². The zero-order valence-electron chi connectivity index (χ0n) is 11.0. The van der Waals surface area contributed by atoms with Gasteiger partial charge in [0, 0.05) is 0 Å². The van der Waals surface area contributed by atoms with Gasteiger partial charge in [-0.05, 0) is 30.2 Å². The molecule has 2 aromatic rings. The zero-order valence-corrected chi connectivity index (χ0v) is 11.0. The topological polar surface area (TPSA) is 46.5 Å². The van der Waals surface area contributed by atoms with Gasteiger partial charge in [0.05, 0.1) is 6.61 Å². The SMILES string of the molecule is CCOC(=O)C(c1ccccc1)c1ccc(O)c(F)c1. The summed E-state index contributed by atoms with van der Waals surface area (Å²) >= 11 is 0. The van der Waals surface area contributed by atoms with Crippen molar-refractivity contribution in [3.8, 4) is 5.75 Å². The third-order valence-electron chi connectivity index (χ3n) is 2.96. The van der Waals surface area contributed by atoms with Crippen molar-refractivity contribution in [1.82, 2.24) is 0 Å².